The zero-order chi connectivity index (χ0) is 14.8. The van der Waals surface area contributed by atoms with Crippen LogP contribution in [0.2, 0.25) is 0 Å². The maximum absolute atomic E-state index is 4.38. The van der Waals surface area contributed by atoms with Gasteiger partial charge >= 0.3 is 0 Å². The average molecular weight is 285 g/mol. The van der Waals surface area contributed by atoms with Crippen LogP contribution in [0, 0.1) is 0 Å². The molecule has 3 rings (SSSR count). The first-order valence-corrected chi connectivity index (χ1v) is 7.69. The summed E-state index contributed by atoms with van der Waals surface area (Å²) in [5.74, 6) is 2.51. The highest BCUT2D eigenvalue weighted by atomic mass is 15.3. The summed E-state index contributed by atoms with van der Waals surface area (Å²) in [4.78, 5) is 6.75. The monoisotopic (exact) mass is 285 g/mol. The number of pyridine rings is 1. The van der Waals surface area contributed by atoms with E-state index in [-0.39, 0.29) is 0 Å². The van der Waals surface area contributed by atoms with E-state index in [0.29, 0.717) is 12.0 Å². The zero-order valence-electron chi connectivity index (χ0n) is 13.0. The molecule has 1 aliphatic heterocycles. The Morgan fingerprint density at radius 3 is 2.86 bits per heavy atom. The summed E-state index contributed by atoms with van der Waals surface area (Å²) in [7, 11) is 2.07. The van der Waals surface area contributed by atoms with Gasteiger partial charge in [0.25, 0.3) is 0 Å². The SMILES string of the molecule is CC(C)c1nnc(CN2CCCC2c2cccnc2)n1C. The van der Waals surface area contributed by atoms with Crippen LogP contribution < -0.4 is 0 Å². The summed E-state index contributed by atoms with van der Waals surface area (Å²) in [5, 5.41) is 8.71. The van der Waals surface area contributed by atoms with Crippen LogP contribution >= 0.6 is 0 Å². The summed E-state index contributed by atoms with van der Waals surface area (Å²) < 4.78 is 2.14. The lowest BCUT2D eigenvalue weighted by Gasteiger charge is -2.24. The van der Waals surface area contributed by atoms with Crippen molar-refractivity contribution in [3.8, 4) is 0 Å². The van der Waals surface area contributed by atoms with Crippen molar-refractivity contribution in [3.63, 3.8) is 0 Å². The van der Waals surface area contributed by atoms with Crippen LogP contribution in [0.1, 0.15) is 55.9 Å². The van der Waals surface area contributed by atoms with Crippen LogP contribution in [-0.2, 0) is 13.6 Å². The Hall–Kier alpha value is -1.75. The lowest BCUT2D eigenvalue weighted by molar-refractivity contribution is 0.239. The molecule has 0 bridgehead atoms. The van der Waals surface area contributed by atoms with Crippen LogP contribution in [0.4, 0.5) is 0 Å². The molecule has 1 atom stereocenters. The van der Waals surface area contributed by atoms with E-state index < -0.39 is 0 Å². The predicted molar refractivity (Wildman–Crippen MR) is 81.7 cm³/mol. The van der Waals surface area contributed by atoms with Gasteiger partial charge in [-0.2, -0.15) is 0 Å². The van der Waals surface area contributed by atoms with Crippen molar-refractivity contribution < 1.29 is 0 Å². The first-order valence-electron chi connectivity index (χ1n) is 7.69. The summed E-state index contributed by atoms with van der Waals surface area (Å²) in [6, 6.07) is 4.65. The predicted octanol–water partition coefficient (Wildman–Crippen LogP) is 2.67. The smallest absolute Gasteiger partial charge is 0.146 e. The molecule has 1 saturated heterocycles. The fourth-order valence-electron chi connectivity index (χ4n) is 3.16. The van der Waals surface area contributed by atoms with Gasteiger partial charge in [-0.3, -0.25) is 9.88 Å². The third-order valence-electron chi connectivity index (χ3n) is 4.29. The highest BCUT2D eigenvalue weighted by molar-refractivity contribution is 5.15. The van der Waals surface area contributed by atoms with Crippen LogP contribution in [-0.4, -0.2) is 31.2 Å². The highest BCUT2D eigenvalue weighted by Gasteiger charge is 2.27. The Bertz CT molecular complexity index is 590. The fourth-order valence-corrected chi connectivity index (χ4v) is 3.16. The van der Waals surface area contributed by atoms with Crippen molar-refractivity contribution in [3.05, 3.63) is 41.7 Å². The normalized spacial score (nSPS) is 19.5. The summed E-state index contributed by atoms with van der Waals surface area (Å²) in [6.07, 6.45) is 6.24. The first kappa shape index (κ1) is 14.2. The lowest BCUT2D eigenvalue weighted by atomic mass is 10.1. The Kier molecular flexibility index (Phi) is 4.01. The van der Waals surface area contributed by atoms with E-state index in [2.05, 4.69) is 51.6 Å². The van der Waals surface area contributed by atoms with Crippen LogP contribution in [0.25, 0.3) is 0 Å². The van der Waals surface area contributed by atoms with E-state index in [0.717, 1.165) is 24.7 Å². The number of nitrogens with zero attached hydrogens (tertiary/aromatic N) is 5. The third-order valence-corrected chi connectivity index (χ3v) is 4.29. The molecule has 3 heterocycles. The van der Waals surface area contributed by atoms with E-state index in [1.54, 1.807) is 0 Å². The molecular formula is C16H23N5. The van der Waals surface area contributed by atoms with Gasteiger partial charge in [-0.15, -0.1) is 10.2 Å². The second-order valence-corrected chi connectivity index (χ2v) is 6.10. The van der Waals surface area contributed by atoms with Crippen molar-refractivity contribution >= 4 is 0 Å². The molecule has 1 fully saturated rings. The molecule has 0 aliphatic carbocycles. The molecule has 0 amide bonds. The number of likely N-dealkylation sites (tertiary alicyclic amines) is 1. The molecule has 1 aliphatic rings. The molecule has 21 heavy (non-hydrogen) atoms. The molecule has 5 nitrogen and oxygen atoms in total. The van der Waals surface area contributed by atoms with Gasteiger partial charge in [-0.25, -0.2) is 0 Å². The van der Waals surface area contributed by atoms with Crippen LogP contribution in [0.3, 0.4) is 0 Å². The quantitative estimate of drug-likeness (QED) is 0.866. The van der Waals surface area contributed by atoms with E-state index in [1.807, 2.05) is 18.5 Å². The minimum Gasteiger partial charge on any atom is -0.317 e. The molecule has 112 valence electrons. The molecule has 0 aromatic carbocycles. The van der Waals surface area contributed by atoms with Crippen LogP contribution in [0.15, 0.2) is 24.5 Å². The van der Waals surface area contributed by atoms with Crippen molar-refractivity contribution in [2.24, 2.45) is 7.05 Å². The third kappa shape index (κ3) is 2.83. The second kappa shape index (κ2) is 5.93. The number of rotatable bonds is 4. The number of aromatic nitrogens is 4. The van der Waals surface area contributed by atoms with Crippen molar-refractivity contribution in [1.29, 1.82) is 0 Å². The molecule has 0 N–H and O–H groups in total. The van der Waals surface area contributed by atoms with E-state index in [4.69, 9.17) is 0 Å². The van der Waals surface area contributed by atoms with Gasteiger partial charge in [0.05, 0.1) is 6.54 Å². The average Bonchev–Trinajstić information content (AvgIpc) is 3.08. The lowest BCUT2D eigenvalue weighted by Crippen LogP contribution is -2.24. The Labute approximate surface area is 126 Å². The highest BCUT2D eigenvalue weighted by Crippen LogP contribution is 2.32. The minimum absolute atomic E-state index is 0.406. The maximum atomic E-state index is 4.38. The topological polar surface area (TPSA) is 46.8 Å². The molecule has 0 saturated carbocycles. The van der Waals surface area contributed by atoms with E-state index in [9.17, 15) is 0 Å². The summed E-state index contributed by atoms with van der Waals surface area (Å²) in [5.41, 5.74) is 1.31. The Balaban J connectivity index is 1.78. The van der Waals surface area contributed by atoms with Gasteiger partial charge in [0.15, 0.2) is 0 Å². The van der Waals surface area contributed by atoms with Gasteiger partial charge < -0.3 is 4.57 Å². The molecular weight excluding hydrogens is 262 g/mol. The maximum Gasteiger partial charge on any atom is 0.146 e. The molecule has 1 unspecified atom stereocenters. The Morgan fingerprint density at radius 1 is 1.33 bits per heavy atom. The summed E-state index contributed by atoms with van der Waals surface area (Å²) >= 11 is 0. The molecule has 0 spiro atoms. The second-order valence-electron chi connectivity index (χ2n) is 6.10. The van der Waals surface area contributed by atoms with Gasteiger partial charge in [-0.1, -0.05) is 19.9 Å². The van der Waals surface area contributed by atoms with Crippen molar-refractivity contribution in [1.82, 2.24) is 24.6 Å². The molecule has 2 aromatic rings. The number of hydrogen-bond acceptors (Lipinski definition) is 4. The van der Waals surface area contributed by atoms with E-state index >= 15 is 0 Å². The fraction of sp³-hybridized carbons (Fsp3) is 0.562. The van der Waals surface area contributed by atoms with Gasteiger partial charge in [0.2, 0.25) is 0 Å². The Morgan fingerprint density at radius 2 is 2.19 bits per heavy atom. The standard InChI is InChI=1S/C16H23N5/c1-12(2)16-19-18-15(20(16)3)11-21-9-5-7-14(21)13-6-4-8-17-10-13/h4,6,8,10,12,14H,5,7,9,11H2,1-3H3. The van der Waals surface area contributed by atoms with Gasteiger partial charge in [0.1, 0.15) is 11.6 Å². The van der Waals surface area contributed by atoms with E-state index in [1.165, 1.54) is 18.4 Å². The van der Waals surface area contributed by atoms with Gasteiger partial charge in [0, 0.05) is 31.4 Å². The summed E-state index contributed by atoms with van der Waals surface area (Å²) in [6.45, 7) is 6.28. The largest absolute Gasteiger partial charge is 0.317 e. The molecule has 5 heteroatoms. The molecule has 2 aromatic heterocycles. The molecule has 0 radical (unpaired) electrons. The number of hydrogen-bond donors (Lipinski definition) is 0. The van der Waals surface area contributed by atoms with Crippen molar-refractivity contribution in [2.45, 2.75) is 45.2 Å². The zero-order valence-corrected chi connectivity index (χ0v) is 13.0. The first-order chi connectivity index (χ1) is 10.2. The van der Waals surface area contributed by atoms with Gasteiger partial charge in [-0.05, 0) is 31.0 Å². The van der Waals surface area contributed by atoms with Crippen molar-refractivity contribution in [2.75, 3.05) is 6.54 Å². The van der Waals surface area contributed by atoms with Crippen LogP contribution in [0.5, 0.6) is 0 Å². The minimum atomic E-state index is 0.406.